The zero-order valence-electron chi connectivity index (χ0n) is 7.09. The summed E-state index contributed by atoms with van der Waals surface area (Å²) < 4.78 is 0. The van der Waals surface area contributed by atoms with Gasteiger partial charge in [0.25, 0.3) is 0 Å². The van der Waals surface area contributed by atoms with Crippen LogP contribution in [0.1, 0.15) is 20.3 Å². The quantitative estimate of drug-likeness (QED) is 0.634. The van der Waals surface area contributed by atoms with E-state index in [2.05, 4.69) is 31.3 Å². The fraction of sp³-hybridized carbons (Fsp3) is 0.300. The van der Waals surface area contributed by atoms with Gasteiger partial charge in [-0.25, -0.2) is 0 Å². The molecule has 0 fully saturated rings. The zero-order valence-corrected chi connectivity index (χ0v) is 7.09. The van der Waals surface area contributed by atoms with E-state index < -0.39 is 0 Å². The Hall–Kier alpha value is -0.980. The lowest BCUT2D eigenvalue weighted by Crippen LogP contribution is -2.05. The summed E-state index contributed by atoms with van der Waals surface area (Å²) in [5.74, 6) is 1.42. The van der Waals surface area contributed by atoms with Crippen LogP contribution < -0.4 is 5.32 Å². The highest BCUT2D eigenvalue weighted by molar-refractivity contribution is 5.22. The van der Waals surface area contributed by atoms with E-state index in [1.807, 2.05) is 18.4 Å². The first kappa shape index (κ1) is 8.12. The topological polar surface area (TPSA) is 12.0 Å². The van der Waals surface area contributed by atoms with Gasteiger partial charge in [-0.3, -0.25) is 0 Å². The first-order valence-corrected chi connectivity index (χ1v) is 3.87. The summed E-state index contributed by atoms with van der Waals surface area (Å²) in [5, 5.41) is 3.21. The molecule has 0 spiro atoms. The molecule has 1 aliphatic heterocycles. The zero-order chi connectivity index (χ0) is 8.10. The molecule has 0 saturated carbocycles. The van der Waals surface area contributed by atoms with Crippen molar-refractivity contribution < 1.29 is 0 Å². The van der Waals surface area contributed by atoms with Crippen LogP contribution in [-0.4, -0.2) is 0 Å². The first-order chi connectivity index (χ1) is 5.29. The summed E-state index contributed by atoms with van der Waals surface area (Å²) in [5.41, 5.74) is 1.26. The second kappa shape index (κ2) is 4.02. The van der Waals surface area contributed by atoms with Crippen molar-refractivity contribution in [2.45, 2.75) is 20.3 Å². The van der Waals surface area contributed by atoms with Gasteiger partial charge in [0, 0.05) is 11.9 Å². The van der Waals surface area contributed by atoms with E-state index in [9.17, 15) is 0 Å². The van der Waals surface area contributed by atoms with Crippen LogP contribution in [0.15, 0.2) is 36.2 Å². The van der Waals surface area contributed by atoms with Gasteiger partial charge in [0.05, 0.1) is 0 Å². The molecular formula is C10H14N. The van der Waals surface area contributed by atoms with Gasteiger partial charge in [-0.15, -0.1) is 0 Å². The third-order valence-electron chi connectivity index (χ3n) is 1.43. The first-order valence-electron chi connectivity index (χ1n) is 3.87. The average Bonchev–Trinajstić information content (AvgIpc) is 2.14. The Kier molecular flexibility index (Phi) is 2.96. The molecule has 1 aliphatic rings. The number of hydrogen-bond acceptors (Lipinski definition) is 1. The summed E-state index contributed by atoms with van der Waals surface area (Å²) in [6.07, 6.45) is 11.2. The van der Waals surface area contributed by atoms with Gasteiger partial charge in [0.1, 0.15) is 0 Å². The van der Waals surface area contributed by atoms with E-state index in [1.54, 1.807) is 0 Å². The molecule has 0 aromatic heterocycles. The third kappa shape index (κ3) is 3.08. The molecule has 1 nitrogen and oxygen atoms in total. The summed E-state index contributed by atoms with van der Waals surface area (Å²) in [7, 11) is 0. The normalized spacial score (nSPS) is 16.1. The molecular weight excluding hydrogens is 134 g/mol. The monoisotopic (exact) mass is 148 g/mol. The van der Waals surface area contributed by atoms with Crippen LogP contribution in [0.3, 0.4) is 0 Å². The van der Waals surface area contributed by atoms with Crippen LogP contribution in [0.2, 0.25) is 0 Å². The molecule has 1 heteroatoms. The highest BCUT2D eigenvalue weighted by Gasteiger charge is 1.98. The minimum atomic E-state index is 1.04. The molecule has 0 amide bonds. The van der Waals surface area contributed by atoms with Gasteiger partial charge >= 0.3 is 0 Å². The third-order valence-corrected chi connectivity index (χ3v) is 1.43. The maximum atomic E-state index is 3.21. The van der Waals surface area contributed by atoms with Crippen LogP contribution in [-0.2, 0) is 0 Å². The fourth-order valence-corrected chi connectivity index (χ4v) is 0.986. The standard InChI is InChI=1S/C10H14N/c1-9(2)8-10-6-4-3-5-7-11-10/h3-7,11H,8H2,1-2H3. The van der Waals surface area contributed by atoms with E-state index in [-0.39, 0.29) is 0 Å². The van der Waals surface area contributed by atoms with Crippen LogP contribution in [0.25, 0.3) is 0 Å². The van der Waals surface area contributed by atoms with Crippen molar-refractivity contribution in [3.05, 3.63) is 42.1 Å². The Labute approximate surface area is 68.5 Å². The Morgan fingerprint density at radius 1 is 1.27 bits per heavy atom. The van der Waals surface area contributed by atoms with Gasteiger partial charge in [-0.1, -0.05) is 26.0 Å². The van der Waals surface area contributed by atoms with Crippen molar-refractivity contribution >= 4 is 0 Å². The van der Waals surface area contributed by atoms with Crippen molar-refractivity contribution in [1.82, 2.24) is 5.32 Å². The molecule has 0 bridgehead atoms. The summed E-state index contributed by atoms with van der Waals surface area (Å²) in [6.45, 7) is 4.28. The lowest BCUT2D eigenvalue weighted by Gasteiger charge is -2.07. The molecule has 1 rings (SSSR count). The second-order valence-corrected chi connectivity index (χ2v) is 2.96. The molecule has 11 heavy (non-hydrogen) atoms. The molecule has 0 atom stereocenters. The Balaban J connectivity index is 2.51. The van der Waals surface area contributed by atoms with Gasteiger partial charge < -0.3 is 5.32 Å². The lowest BCUT2D eigenvalue weighted by atomic mass is 10.1. The molecule has 1 radical (unpaired) electrons. The van der Waals surface area contributed by atoms with Crippen molar-refractivity contribution in [3.63, 3.8) is 0 Å². The van der Waals surface area contributed by atoms with E-state index >= 15 is 0 Å². The van der Waals surface area contributed by atoms with E-state index in [0.29, 0.717) is 0 Å². The van der Waals surface area contributed by atoms with Crippen LogP contribution in [0.5, 0.6) is 0 Å². The second-order valence-electron chi connectivity index (χ2n) is 2.96. The minimum absolute atomic E-state index is 1.04. The molecule has 0 aliphatic carbocycles. The SMILES string of the molecule is C[C](C)CC1=CC=CC=CN1. The van der Waals surface area contributed by atoms with Crippen LogP contribution in [0, 0.1) is 5.92 Å². The molecule has 1 N–H and O–H groups in total. The predicted octanol–water partition coefficient (Wildman–Crippen LogP) is 2.55. The molecule has 59 valence electrons. The van der Waals surface area contributed by atoms with E-state index in [1.165, 1.54) is 11.6 Å². The maximum Gasteiger partial charge on any atom is 0.0152 e. The van der Waals surface area contributed by atoms with Crippen molar-refractivity contribution in [1.29, 1.82) is 0 Å². The predicted molar refractivity (Wildman–Crippen MR) is 48.7 cm³/mol. The summed E-state index contributed by atoms with van der Waals surface area (Å²) in [4.78, 5) is 0. The van der Waals surface area contributed by atoms with Gasteiger partial charge in [0.15, 0.2) is 0 Å². The number of hydrogen-bond donors (Lipinski definition) is 1. The van der Waals surface area contributed by atoms with Gasteiger partial charge in [-0.2, -0.15) is 0 Å². The number of allylic oxidation sites excluding steroid dienone is 5. The molecule has 0 saturated heterocycles. The van der Waals surface area contributed by atoms with Gasteiger partial charge in [-0.05, 0) is 24.5 Å². The average molecular weight is 148 g/mol. The van der Waals surface area contributed by atoms with Crippen molar-refractivity contribution in [2.75, 3.05) is 0 Å². The van der Waals surface area contributed by atoms with E-state index in [4.69, 9.17) is 0 Å². The van der Waals surface area contributed by atoms with Crippen LogP contribution in [0.4, 0.5) is 0 Å². The van der Waals surface area contributed by atoms with E-state index in [0.717, 1.165) is 6.42 Å². The van der Waals surface area contributed by atoms with Crippen LogP contribution >= 0.6 is 0 Å². The van der Waals surface area contributed by atoms with Crippen molar-refractivity contribution in [3.8, 4) is 0 Å². The maximum absolute atomic E-state index is 3.21. The van der Waals surface area contributed by atoms with Gasteiger partial charge in [0.2, 0.25) is 0 Å². The highest BCUT2D eigenvalue weighted by Crippen LogP contribution is 2.10. The molecule has 1 heterocycles. The molecule has 0 unspecified atom stereocenters. The minimum Gasteiger partial charge on any atom is -0.365 e. The Morgan fingerprint density at radius 2 is 2.09 bits per heavy atom. The lowest BCUT2D eigenvalue weighted by molar-refractivity contribution is 0.870. The van der Waals surface area contributed by atoms with Crippen molar-refractivity contribution in [2.24, 2.45) is 0 Å². The largest absolute Gasteiger partial charge is 0.365 e. The number of nitrogens with one attached hydrogen (secondary N) is 1. The summed E-state index contributed by atoms with van der Waals surface area (Å²) in [6, 6.07) is 0. The Bertz CT molecular complexity index is 197. The summed E-state index contributed by atoms with van der Waals surface area (Å²) >= 11 is 0. The molecule has 0 aromatic carbocycles. The highest BCUT2D eigenvalue weighted by atomic mass is 14.8. The number of rotatable bonds is 2. The Morgan fingerprint density at radius 3 is 2.82 bits per heavy atom. The smallest absolute Gasteiger partial charge is 0.0152 e. The molecule has 0 aromatic rings. The fourth-order valence-electron chi connectivity index (χ4n) is 0.986.